The molecule has 20 heavy (non-hydrogen) atoms. The summed E-state index contributed by atoms with van der Waals surface area (Å²) in [6.07, 6.45) is 3.47. The molecule has 3 nitrogen and oxygen atoms in total. The van der Waals surface area contributed by atoms with Crippen molar-refractivity contribution in [2.75, 3.05) is 7.11 Å². The van der Waals surface area contributed by atoms with Crippen LogP contribution in [0, 0.1) is 0 Å². The fourth-order valence-electron chi connectivity index (χ4n) is 2.26. The number of benzene rings is 1. The molecule has 1 atom stereocenters. The van der Waals surface area contributed by atoms with Gasteiger partial charge >= 0.3 is 0 Å². The third kappa shape index (κ3) is 2.73. The van der Waals surface area contributed by atoms with E-state index in [1.54, 1.807) is 19.4 Å². The number of rotatable bonds is 4. The number of hydrogen-bond donors (Lipinski definition) is 1. The molecule has 3 heteroatoms. The summed E-state index contributed by atoms with van der Waals surface area (Å²) in [5.41, 5.74) is 0.962. The number of aliphatic hydroxyl groups is 1. The number of para-hydroxylation sites is 1. The molecule has 1 heterocycles. The largest absolute Gasteiger partial charge is 0.496 e. The van der Waals surface area contributed by atoms with Crippen LogP contribution >= 0.6 is 0 Å². The highest BCUT2D eigenvalue weighted by molar-refractivity contribution is 5.46. The topological polar surface area (TPSA) is 42.4 Å². The average Bonchev–Trinajstić information content (AvgIpc) is 2.47. The number of ether oxygens (including phenoxy) is 1. The van der Waals surface area contributed by atoms with Crippen molar-refractivity contribution in [3.8, 4) is 5.75 Å². The normalized spacial score (nSPS) is 13.4. The first-order chi connectivity index (χ1) is 9.58. The monoisotopic (exact) mass is 269 g/mol. The molecule has 0 aliphatic carbocycles. The van der Waals surface area contributed by atoms with E-state index in [-0.39, 0.29) is 0 Å². The van der Waals surface area contributed by atoms with Gasteiger partial charge in [0.15, 0.2) is 5.60 Å². The number of aromatic nitrogens is 1. The Balaban J connectivity index is 2.68. The Morgan fingerprint density at radius 1 is 1.15 bits per heavy atom. The van der Waals surface area contributed by atoms with Crippen molar-refractivity contribution in [1.82, 2.24) is 4.98 Å². The van der Waals surface area contributed by atoms with Crippen LogP contribution in [0.25, 0.3) is 0 Å². The van der Waals surface area contributed by atoms with E-state index in [1.165, 1.54) is 0 Å². The quantitative estimate of drug-likeness (QED) is 0.866. The van der Waals surface area contributed by atoms with E-state index in [4.69, 9.17) is 4.74 Å². The van der Waals surface area contributed by atoms with Gasteiger partial charge in [0.25, 0.3) is 0 Å². The molecule has 0 saturated heterocycles. The summed E-state index contributed by atoms with van der Waals surface area (Å²) in [4.78, 5) is 4.31. The Morgan fingerprint density at radius 2 is 1.85 bits per heavy atom. The Kier molecular flexibility index (Phi) is 4.20. The van der Waals surface area contributed by atoms with Crippen LogP contribution in [0.1, 0.15) is 25.1 Å². The molecule has 2 rings (SSSR count). The maximum Gasteiger partial charge on any atom is 0.154 e. The van der Waals surface area contributed by atoms with E-state index in [0.29, 0.717) is 17.0 Å². The zero-order chi connectivity index (χ0) is 14.6. The Labute approximate surface area is 119 Å². The van der Waals surface area contributed by atoms with E-state index in [0.717, 1.165) is 5.57 Å². The summed E-state index contributed by atoms with van der Waals surface area (Å²) in [7, 11) is 1.60. The molecule has 1 N–H and O–H groups in total. The fraction of sp³-hybridized carbons (Fsp3) is 0.235. The van der Waals surface area contributed by atoms with Gasteiger partial charge in [-0.2, -0.15) is 0 Å². The van der Waals surface area contributed by atoms with E-state index < -0.39 is 5.60 Å². The highest BCUT2D eigenvalue weighted by Gasteiger charge is 2.33. The molecule has 0 bridgehead atoms. The van der Waals surface area contributed by atoms with Crippen LogP contribution in [-0.2, 0) is 5.60 Å². The van der Waals surface area contributed by atoms with Crippen LogP contribution < -0.4 is 4.74 Å². The van der Waals surface area contributed by atoms with Crippen molar-refractivity contribution in [3.63, 3.8) is 0 Å². The third-order valence-corrected chi connectivity index (χ3v) is 3.07. The van der Waals surface area contributed by atoms with Crippen LogP contribution in [0.15, 0.2) is 60.3 Å². The molecule has 1 unspecified atom stereocenters. The van der Waals surface area contributed by atoms with Crippen molar-refractivity contribution in [2.24, 2.45) is 0 Å². The van der Waals surface area contributed by atoms with Crippen molar-refractivity contribution in [1.29, 1.82) is 0 Å². The number of nitrogens with zero attached hydrogens (tertiary/aromatic N) is 1. The summed E-state index contributed by atoms with van der Waals surface area (Å²) in [6, 6.07) is 12.9. The highest BCUT2D eigenvalue weighted by Crippen LogP contribution is 2.36. The van der Waals surface area contributed by atoms with Crippen molar-refractivity contribution >= 4 is 0 Å². The van der Waals surface area contributed by atoms with Crippen molar-refractivity contribution < 1.29 is 9.84 Å². The maximum atomic E-state index is 11.2. The molecular weight excluding hydrogens is 250 g/mol. The molecule has 0 aliphatic heterocycles. The summed E-state index contributed by atoms with van der Waals surface area (Å²) in [6.45, 7) is 3.90. The van der Waals surface area contributed by atoms with Crippen LogP contribution in [0.4, 0.5) is 0 Å². The SMILES string of the molecule is COc1ccccc1C(O)(C=C(C)C)c1ccccn1. The zero-order valence-electron chi connectivity index (χ0n) is 12.0. The Bertz CT molecular complexity index is 603. The second-order valence-corrected chi connectivity index (χ2v) is 4.90. The van der Waals surface area contributed by atoms with Gasteiger partial charge in [0.05, 0.1) is 12.8 Å². The summed E-state index contributed by atoms with van der Waals surface area (Å²) < 4.78 is 5.38. The summed E-state index contributed by atoms with van der Waals surface area (Å²) in [5, 5.41) is 11.2. The van der Waals surface area contributed by atoms with Crippen LogP contribution in [0.2, 0.25) is 0 Å². The molecule has 0 spiro atoms. The van der Waals surface area contributed by atoms with Gasteiger partial charge in [0.2, 0.25) is 0 Å². The van der Waals surface area contributed by atoms with Gasteiger partial charge in [-0.25, -0.2) is 0 Å². The second-order valence-electron chi connectivity index (χ2n) is 4.90. The Hall–Kier alpha value is -2.13. The standard InChI is InChI=1S/C17H19NO2/c1-13(2)12-17(19,16-10-6-7-11-18-16)14-8-4-5-9-15(14)20-3/h4-12,19H,1-3H3. The van der Waals surface area contributed by atoms with Crippen LogP contribution in [0.3, 0.4) is 0 Å². The van der Waals surface area contributed by atoms with Crippen LogP contribution in [-0.4, -0.2) is 17.2 Å². The predicted octanol–water partition coefficient (Wildman–Crippen LogP) is 3.29. The lowest BCUT2D eigenvalue weighted by molar-refractivity contribution is 0.125. The van der Waals surface area contributed by atoms with E-state index >= 15 is 0 Å². The number of hydrogen-bond acceptors (Lipinski definition) is 3. The van der Waals surface area contributed by atoms with Gasteiger partial charge in [-0.15, -0.1) is 0 Å². The van der Waals surface area contributed by atoms with Gasteiger partial charge in [-0.1, -0.05) is 29.8 Å². The lowest BCUT2D eigenvalue weighted by Gasteiger charge is -2.27. The molecule has 0 radical (unpaired) electrons. The number of methoxy groups -OCH3 is 1. The minimum absolute atomic E-state index is 0.575. The molecule has 0 saturated carbocycles. The Morgan fingerprint density at radius 3 is 2.45 bits per heavy atom. The molecule has 1 aromatic heterocycles. The maximum absolute atomic E-state index is 11.2. The van der Waals surface area contributed by atoms with E-state index in [2.05, 4.69) is 4.98 Å². The van der Waals surface area contributed by atoms with E-state index in [9.17, 15) is 5.11 Å². The first-order valence-electron chi connectivity index (χ1n) is 6.51. The molecule has 0 fully saturated rings. The predicted molar refractivity (Wildman–Crippen MR) is 79.7 cm³/mol. The van der Waals surface area contributed by atoms with Gasteiger partial charge < -0.3 is 9.84 Å². The first-order valence-corrected chi connectivity index (χ1v) is 6.51. The second kappa shape index (κ2) is 5.88. The lowest BCUT2D eigenvalue weighted by atomic mass is 9.87. The average molecular weight is 269 g/mol. The zero-order valence-corrected chi connectivity index (χ0v) is 12.0. The lowest BCUT2D eigenvalue weighted by Crippen LogP contribution is -2.27. The molecule has 104 valence electrons. The number of pyridine rings is 1. The molecule has 0 aliphatic rings. The smallest absolute Gasteiger partial charge is 0.154 e. The molecule has 2 aromatic rings. The number of allylic oxidation sites excluding steroid dienone is 1. The minimum Gasteiger partial charge on any atom is -0.496 e. The molecule has 0 amide bonds. The highest BCUT2D eigenvalue weighted by atomic mass is 16.5. The fourth-order valence-corrected chi connectivity index (χ4v) is 2.26. The molecular formula is C17H19NO2. The van der Waals surface area contributed by atoms with Gasteiger partial charge in [0, 0.05) is 11.8 Å². The van der Waals surface area contributed by atoms with Crippen molar-refractivity contribution in [2.45, 2.75) is 19.4 Å². The minimum atomic E-state index is -1.30. The van der Waals surface area contributed by atoms with Gasteiger partial charge in [0.1, 0.15) is 5.75 Å². The van der Waals surface area contributed by atoms with E-state index in [1.807, 2.05) is 56.3 Å². The van der Waals surface area contributed by atoms with Crippen molar-refractivity contribution in [3.05, 3.63) is 71.6 Å². The first kappa shape index (κ1) is 14.3. The van der Waals surface area contributed by atoms with Crippen LogP contribution in [0.5, 0.6) is 5.75 Å². The summed E-state index contributed by atoms with van der Waals surface area (Å²) >= 11 is 0. The molecule has 1 aromatic carbocycles. The summed E-state index contributed by atoms with van der Waals surface area (Å²) in [5.74, 6) is 0.637. The third-order valence-electron chi connectivity index (χ3n) is 3.07. The van der Waals surface area contributed by atoms with Gasteiger partial charge in [-0.3, -0.25) is 4.98 Å². The van der Waals surface area contributed by atoms with Gasteiger partial charge in [-0.05, 0) is 38.1 Å².